The lowest BCUT2D eigenvalue weighted by Gasteiger charge is -2.29. The summed E-state index contributed by atoms with van der Waals surface area (Å²) >= 11 is 7.11. The molecular weight excluding hydrogens is 450 g/mol. The van der Waals surface area contributed by atoms with Crippen molar-refractivity contribution in [2.75, 3.05) is 23.0 Å². The summed E-state index contributed by atoms with van der Waals surface area (Å²) in [6, 6.07) is 8.49. The van der Waals surface area contributed by atoms with Crippen molar-refractivity contribution in [2.45, 2.75) is 13.0 Å². The van der Waals surface area contributed by atoms with Crippen LogP contribution in [0.3, 0.4) is 0 Å². The van der Waals surface area contributed by atoms with E-state index in [4.69, 9.17) is 16.3 Å². The zero-order valence-corrected chi connectivity index (χ0v) is 19.1. The SMILES string of the molecule is COc1ccc(Cl)cc1N([C@H](C)C(=O)Nc1ccc2c(c1)sc(=O)n2C)S(C)(=O)=O. The molecule has 0 unspecified atom stereocenters. The van der Waals surface area contributed by atoms with Gasteiger partial charge < -0.3 is 14.6 Å². The number of nitrogens with zero attached hydrogens (tertiary/aromatic N) is 2. The van der Waals surface area contributed by atoms with E-state index in [1.807, 2.05) is 0 Å². The van der Waals surface area contributed by atoms with Gasteiger partial charge in [-0.25, -0.2) is 8.42 Å². The van der Waals surface area contributed by atoms with Crippen LogP contribution in [0, 0.1) is 0 Å². The van der Waals surface area contributed by atoms with Crippen molar-refractivity contribution in [1.82, 2.24) is 4.57 Å². The molecular formula is C19H20ClN3O5S2. The van der Waals surface area contributed by atoms with Gasteiger partial charge in [0, 0.05) is 17.8 Å². The predicted octanol–water partition coefficient (Wildman–Crippen LogP) is 3.06. The van der Waals surface area contributed by atoms with Crippen molar-refractivity contribution < 1.29 is 17.9 Å². The summed E-state index contributed by atoms with van der Waals surface area (Å²) in [7, 11) is -0.778. The van der Waals surface area contributed by atoms with Gasteiger partial charge in [-0.2, -0.15) is 0 Å². The molecule has 3 aromatic rings. The Morgan fingerprint density at radius 3 is 2.60 bits per heavy atom. The molecule has 0 bridgehead atoms. The minimum Gasteiger partial charge on any atom is -0.495 e. The maximum Gasteiger partial charge on any atom is 0.307 e. The van der Waals surface area contributed by atoms with Crippen molar-refractivity contribution in [2.24, 2.45) is 7.05 Å². The van der Waals surface area contributed by atoms with E-state index in [0.29, 0.717) is 15.4 Å². The van der Waals surface area contributed by atoms with Crippen LogP contribution in [0.4, 0.5) is 11.4 Å². The van der Waals surface area contributed by atoms with E-state index in [2.05, 4.69) is 5.32 Å². The molecule has 0 spiro atoms. The molecule has 3 rings (SSSR count). The van der Waals surface area contributed by atoms with Crippen molar-refractivity contribution in [3.8, 4) is 5.75 Å². The van der Waals surface area contributed by atoms with Gasteiger partial charge >= 0.3 is 4.87 Å². The molecule has 2 aromatic carbocycles. The smallest absolute Gasteiger partial charge is 0.307 e. The summed E-state index contributed by atoms with van der Waals surface area (Å²) in [5, 5.41) is 3.02. The Kier molecular flexibility index (Phi) is 6.11. The van der Waals surface area contributed by atoms with E-state index in [1.165, 1.54) is 30.7 Å². The highest BCUT2D eigenvalue weighted by Crippen LogP contribution is 2.34. The summed E-state index contributed by atoms with van der Waals surface area (Å²) in [6.45, 7) is 1.47. The molecule has 0 saturated heterocycles. The lowest BCUT2D eigenvalue weighted by molar-refractivity contribution is -0.116. The average molecular weight is 470 g/mol. The fourth-order valence-corrected chi connectivity index (χ4v) is 5.33. The number of fused-ring (bicyclic) bond motifs is 1. The van der Waals surface area contributed by atoms with E-state index < -0.39 is 22.0 Å². The lowest BCUT2D eigenvalue weighted by Crippen LogP contribution is -2.45. The Bertz CT molecular complexity index is 1280. The molecule has 0 aliphatic rings. The number of sulfonamides is 1. The molecule has 0 saturated carbocycles. The standard InChI is InChI=1S/C19H20ClN3O5S2/c1-11(23(30(4,26)27)15-9-12(20)5-8-16(15)28-3)18(24)21-13-6-7-14-17(10-13)29-19(25)22(14)2/h5-11H,1-4H3,(H,21,24)/t11-/m1/s1. The molecule has 1 aromatic heterocycles. The molecule has 0 aliphatic carbocycles. The van der Waals surface area contributed by atoms with Crippen LogP contribution in [0.25, 0.3) is 10.2 Å². The van der Waals surface area contributed by atoms with E-state index in [9.17, 15) is 18.0 Å². The summed E-state index contributed by atoms with van der Waals surface area (Å²) in [6.07, 6.45) is 1.00. The number of ether oxygens (including phenoxy) is 1. The maximum absolute atomic E-state index is 12.9. The third kappa shape index (κ3) is 4.30. The number of benzene rings is 2. The predicted molar refractivity (Wildman–Crippen MR) is 120 cm³/mol. The van der Waals surface area contributed by atoms with Crippen LogP contribution in [0.2, 0.25) is 5.02 Å². The molecule has 1 N–H and O–H groups in total. The van der Waals surface area contributed by atoms with Gasteiger partial charge in [-0.1, -0.05) is 22.9 Å². The van der Waals surface area contributed by atoms with Crippen LogP contribution in [0.1, 0.15) is 6.92 Å². The number of aryl methyl sites for hydroxylation is 1. The minimum absolute atomic E-state index is 0.113. The zero-order chi connectivity index (χ0) is 22.2. The summed E-state index contributed by atoms with van der Waals surface area (Å²) in [5.41, 5.74) is 1.36. The topological polar surface area (TPSA) is 97.7 Å². The molecule has 1 atom stereocenters. The van der Waals surface area contributed by atoms with E-state index in [1.54, 1.807) is 31.3 Å². The Labute approximate surface area is 182 Å². The van der Waals surface area contributed by atoms with Crippen molar-refractivity contribution >= 4 is 60.5 Å². The number of hydrogen-bond acceptors (Lipinski definition) is 6. The van der Waals surface area contributed by atoms with Gasteiger partial charge in [0.1, 0.15) is 11.8 Å². The van der Waals surface area contributed by atoms with Gasteiger partial charge in [-0.3, -0.25) is 13.9 Å². The maximum atomic E-state index is 12.9. The number of carbonyl (C=O) groups excluding carboxylic acids is 1. The normalized spacial score (nSPS) is 12.6. The first kappa shape index (κ1) is 22.1. The average Bonchev–Trinajstić information content (AvgIpc) is 2.94. The van der Waals surface area contributed by atoms with Crippen LogP contribution < -0.4 is 19.2 Å². The largest absolute Gasteiger partial charge is 0.495 e. The highest BCUT2D eigenvalue weighted by Gasteiger charge is 2.31. The van der Waals surface area contributed by atoms with Crippen LogP contribution in [0.5, 0.6) is 5.75 Å². The third-order valence-corrected chi connectivity index (χ3v) is 6.98. The molecule has 0 fully saturated rings. The molecule has 0 radical (unpaired) electrons. The number of rotatable bonds is 6. The van der Waals surface area contributed by atoms with Crippen LogP contribution >= 0.6 is 22.9 Å². The number of amides is 1. The quantitative estimate of drug-likeness (QED) is 0.598. The minimum atomic E-state index is -3.85. The van der Waals surface area contributed by atoms with Gasteiger partial charge in [-0.05, 0) is 43.3 Å². The summed E-state index contributed by atoms with van der Waals surface area (Å²) in [5.74, 6) is -0.287. The number of anilines is 2. The fraction of sp³-hybridized carbons (Fsp3) is 0.263. The second-order valence-electron chi connectivity index (χ2n) is 6.65. The first-order chi connectivity index (χ1) is 14.0. The van der Waals surface area contributed by atoms with Gasteiger partial charge in [0.25, 0.3) is 0 Å². The second kappa shape index (κ2) is 8.29. The number of hydrogen-bond donors (Lipinski definition) is 1. The number of methoxy groups -OCH3 is 1. The van der Waals surface area contributed by atoms with E-state index in [-0.39, 0.29) is 16.3 Å². The first-order valence-corrected chi connectivity index (χ1v) is 11.8. The zero-order valence-electron chi connectivity index (χ0n) is 16.7. The number of halogens is 1. The molecule has 1 amide bonds. The monoisotopic (exact) mass is 469 g/mol. The number of carbonyl (C=O) groups is 1. The summed E-state index contributed by atoms with van der Waals surface area (Å²) < 4.78 is 33.5. The van der Waals surface area contributed by atoms with Gasteiger partial charge in [0.2, 0.25) is 15.9 Å². The van der Waals surface area contributed by atoms with Crippen LogP contribution in [-0.4, -0.2) is 38.3 Å². The number of nitrogens with one attached hydrogen (secondary N) is 1. The molecule has 1 heterocycles. The number of thiazole rings is 1. The molecule has 8 nitrogen and oxygen atoms in total. The third-order valence-electron chi connectivity index (χ3n) is 4.53. The van der Waals surface area contributed by atoms with Crippen molar-refractivity contribution in [3.05, 3.63) is 51.1 Å². The summed E-state index contributed by atoms with van der Waals surface area (Å²) in [4.78, 5) is 24.6. The Morgan fingerprint density at radius 1 is 1.27 bits per heavy atom. The Balaban J connectivity index is 1.96. The second-order valence-corrected chi connectivity index (χ2v) is 9.94. The van der Waals surface area contributed by atoms with Gasteiger partial charge in [0.05, 0.1) is 29.3 Å². The van der Waals surface area contributed by atoms with Crippen molar-refractivity contribution in [3.63, 3.8) is 0 Å². The highest BCUT2D eigenvalue weighted by atomic mass is 35.5. The molecule has 11 heteroatoms. The van der Waals surface area contributed by atoms with Crippen molar-refractivity contribution in [1.29, 1.82) is 0 Å². The first-order valence-electron chi connectivity index (χ1n) is 8.76. The molecule has 30 heavy (non-hydrogen) atoms. The fourth-order valence-electron chi connectivity index (χ4n) is 3.07. The highest BCUT2D eigenvalue weighted by molar-refractivity contribution is 7.92. The van der Waals surface area contributed by atoms with E-state index in [0.717, 1.165) is 27.4 Å². The molecule has 0 aliphatic heterocycles. The van der Waals surface area contributed by atoms with Crippen LogP contribution in [-0.2, 0) is 21.9 Å². The van der Waals surface area contributed by atoms with Gasteiger partial charge in [-0.15, -0.1) is 0 Å². The lowest BCUT2D eigenvalue weighted by atomic mass is 10.2. The van der Waals surface area contributed by atoms with E-state index >= 15 is 0 Å². The van der Waals surface area contributed by atoms with Crippen LogP contribution in [0.15, 0.2) is 41.2 Å². The molecule has 160 valence electrons. The van der Waals surface area contributed by atoms with Gasteiger partial charge in [0.15, 0.2) is 0 Å². The Hall–Kier alpha value is -2.56. The Morgan fingerprint density at radius 2 is 1.97 bits per heavy atom. The number of aromatic nitrogens is 1.